The molecule has 1 saturated heterocycles. The number of anilines is 1. The number of aryl methyl sites for hydroxylation is 3. The molecule has 0 bridgehead atoms. The van der Waals surface area contributed by atoms with Gasteiger partial charge in [0.15, 0.2) is 0 Å². The number of hydrazone groups is 1. The van der Waals surface area contributed by atoms with Gasteiger partial charge in [-0.05, 0) is 31.9 Å². The van der Waals surface area contributed by atoms with Crippen LogP contribution in [0, 0.1) is 26.7 Å². The third kappa shape index (κ3) is 1.67. The van der Waals surface area contributed by atoms with Crippen molar-refractivity contribution in [3.05, 3.63) is 28.8 Å². The van der Waals surface area contributed by atoms with Gasteiger partial charge >= 0.3 is 0 Å². The van der Waals surface area contributed by atoms with Crippen molar-refractivity contribution in [1.82, 2.24) is 0 Å². The molecule has 1 fully saturated rings. The van der Waals surface area contributed by atoms with E-state index in [0.29, 0.717) is 0 Å². The number of thioether (sulfide) groups is 1. The molecule has 2 aliphatic rings. The smallest absolute Gasteiger partial charge is 0.257 e. The zero-order valence-electron chi connectivity index (χ0n) is 10.9. The van der Waals surface area contributed by atoms with Crippen molar-refractivity contribution in [1.29, 1.82) is 0 Å². The maximum atomic E-state index is 12.4. The van der Waals surface area contributed by atoms with Gasteiger partial charge in [-0.25, -0.2) is 0 Å². The van der Waals surface area contributed by atoms with Crippen LogP contribution >= 0.6 is 11.8 Å². The average Bonchev–Trinajstić information content (AvgIpc) is 2.82. The number of hydrogen-bond acceptors (Lipinski definition) is 3. The van der Waals surface area contributed by atoms with E-state index in [0.717, 1.165) is 34.0 Å². The fourth-order valence-corrected chi connectivity index (χ4v) is 3.94. The third-order valence-corrected chi connectivity index (χ3v) is 4.59. The molecule has 18 heavy (non-hydrogen) atoms. The Balaban J connectivity index is 2.07. The minimum atomic E-state index is 0.0232. The Morgan fingerprint density at radius 1 is 1.28 bits per heavy atom. The van der Waals surface area contributed by atoms with Gasteiger partial charge in [0, 0.05) is 11.5 Å². The molecule has 1 amide bonds. The molecule has 0 radical (unpaired) electrons. The van der Waals surface area contributed by atoms with Crippen LogP contribution in [0.3, 0.4) is 0 Å². The van der Waals surface area contributed by atoms with E-state index in [9.17, 15) is 4.79 Å². The number of carbonyl (C=O) groups excluding carboxylic acids is 1. The molecule has 0 saturated carbocycles. The van der Waals surface area contributed by atoms with E-state index in [1.54, 1.807) is 16.8 Å². The van der Waals surface area contributed by atoms with E-state index in [1.807, 2.05) is 13.8 Å². The molecule has 94 valence electrons. The van der Waals surface area contributed by atoms with Crippen molar-refractivity contribution in [2.45, 2.75) is 20.8 Å². The lowest BCUT2D eigenvalue weighted by molar-refractivity contribution is -0.119. The lowest BCUT2D eigenvalue weighted by atomic mass is 10.0. The summed E-state index contributed by atoms with van der Waals surface area (Å²) in [5, 5.41) is 6.16. The number of nitrogens with zero attached hydrogens (tertiary/aromatic N) is 2. The molecule has 1 aromatic carbocycles. The predicted molar refractivity (Wildman–Crippen MR) is 76.4 cm³/mol. The first-order valence-electron chi connectivity index (χ1n) is 6.15. The number of benzene rings is 1. The molecule has 0 spiro atoms. The van der Waals surface area contributed by atoms with Gasteiger partial charge in [0.25, 0.3) is 5.91 Å². The molecule has 1 aromatic rings. The van der Waals surface area contributed by atoms with Gasteiger partial charge in [-0.15, -0.1) is 0 Å². The summed E-state index contributed by atoms with van der Waals surface area (Å²) < 4.78 is 0. The Kier molecular flexibility index (Phi) is 2.70. The Labute approximate surface area is 111 Å². The van der Waals surface area contributed by atoms with Crippen LogP contribution < -0.4 is 5.01 Å². The summed E-state index contributed by atoms with van der Waals surface area (Å²) in [5.74, 6) is 1.95. The van der Waals surface area contributed by atoms with E-state index < -0.39 is 0 Å². The van der Waals surface area contributed by atoms with Gasteiger partial charge in [0.05, 0.1) is 17.3 Å². The molecule has 0 N–H and O–H groups in total. The number of fused-ring (bicyclic) bond motifs is 1. The molecular weight excluding hydrogens is 244 g/mol. The topological polar surface area (TPSA) is 32.7 Å². The molecule has 2 aliphatic heterocycles. The summed E-state index contributed by atoms with van der Waals surface area (Å²) in [5.41, 5.74) is 5.49. The second-order valence-corrected chi connectivity index (χ2v) is 6.09. The quantitative estimate of drug-likeness (QED) is 0.777. The summed E-state index contributed by atoms with van der Waals surface area (Å²) in [6.07, 6.45) is 0. The molecule has 4 heteroatoms. The fourth-order valence-electron chi connectivity index (χ4n) is 2.78. The maximum Gasteiger partial charge on any atom is 0.257 e. The van der Waals surface area contributed by atoms with Gasteiger partial charge in [-0.2, -0.15) is 21.9 Å². The molecule has 3 rings (SSSR count). The standard InChI is InChI=1S/C14H16N2OS/c1-8-4-9(2)13(10(3)5-8)16-14(17)11-6-18-7-12(11)15-16/h4-5,11H,6-7H2,1-3H3. The highest BCUT2D eigenvalue weighted by Gasteiger charge is 2.40. The largest absolute Gasteiger partial charge is 0.272 e. The normalized spacial score (nSPS) is 22.4. The summed E-state index contributed by atoms with van der Waals surface area (Å²) >= 11 is 1.80. The lowest BCUT2D eigenvalue weighted by Gasteiger charge is -2.19. The molecule has 2 heterocycles. The van der Waals surface area contributed by atoms with Gasteiger partial charge in [0.1, 0.15) is 0 Å². The van der Waals surface area contributed by atoms with Crippen molar-refractivity contribution in [3.8, 4) is 0 Å². The highest BCUT2D eigenvalue weighted by molar-refractivity contribution is 8.00. The summed E-state index contributed by atoms with van der Waals surface area (Å²) in [7, 11) is 0. The molecule has 3 nitrogen and oxygen atoms in total. The summed E-state index contributed by atoms with van der Waals surface area (Å²) in [6.45, 7) is 6.17. The second-order valence-electron chi connectivity index (χ2n) is 5.06. The van der Waals surface area contributed by atoms with Crippen molar-refractivity contribution < 1.29 is 4.79 Å². The average molecular weight is 260 g/mol. The first kappa shape index (κ1) is 11.8. The Hall–Kier alpha value is -1.29. The van der Waals surface area contributed by atoms with E-state index in [-0.39, 0.29) is 11.8 Å². The van der Waals surface area contributed by atoms with E-state index in [4.69, 9.17) is 0 Å². The predicted octanol–water partition coefficient (Wildman–Crippen LogP) is 2.68. The SMILES string of the molecule is Cc1cc(C)c(N2N=C3CSCC3C2=O)c(C)c1. The Morgan fingerprint density at radius 2 is 1.94 bits per heavy atom. The highest BCUT2D eigenvalue weighted by atomic mass is 32.2. The van der Waals surface area contributed by atoms with Crippen LogP contribution in [0.1, 0.15) is 16.7 Å². The second kappa shape index (κ2) is 4.12. The van der Waals surface area contributed by atoms with Crippen LogP contribution in [0.2, 0.25) is 0 Å². The number of amides is 1. The lowest BCUT2D eigenvalue weighted by Crippen LogP contribution is -2.28. The monoisotopic (exact) mass is 260 g/mol. The van der Waals surface area contributed by atoms with Gasteiger partial charge in [0.2, 0.25) is 0 Å². The molecule has 1 atom stereocenters. The Bertz CT molecular complexity index is 542. The number of hydrogen-bond donors (Lipinski definition) is 0. The number of carbonyl (C=O) groups is 1. The Morgan fingerprint density at radius 3 is 2.56 bits per heavy atom. The van der Waals surface area contributed by atoms with Crippen LogP contribution in [0.5, 0.6) is 0 Å². The molecule has 0 aromatic heterocycles. The molecule has 1 unspecified atom stereocenters. The third-order valence-electron chi connectivity index (χ3n) is 3.52. The van der Waals surface area contributed by atoms with Gasteiger partial charge in [-0.3, -0.25) is 4.79 Å². The first-order valence-corrected chi connectivity index (χ1v) is 7.30. The van der Waals surface area contributed by atoms with Gasteiger partial charge in [-0.1, -0.05) is 17.7 Å². The fraction of sp³-hybridized carbons (Fsp3) is 0.429. The van der Waals surface area contributed by atoms with Crippen molar-refractivity contribution in [3.63, 3.8) is 0 Å². The van der Waals surface area contributed by atoms with Crippen LogP contribution in [-0.2, 0) is 4.79 Å². The molecular formula is C14H16N2OS. The van der Waals surface area contributed by atoms with Crippen molar-refractivity contribution in [2.24, 2.45) is 11.0 Å². The van der Waals surface area contributed by atoms with E-state index >= 15 is 0 Å². The minimum Gasteiger partial charge on any atom is -0.272 e. The van der Waals surface area contributed by atoms with Crippen LogP contribution in [0.25, 0.3) is 0 Å². The number of rotatable bonds is 1. The first-order chi connectivity index (χ1) is 8.58. The minimum absolute atomic E-state index is 0.0232. The van der Waals surface area contributed by atoms with Crippen molar-refractivity contribution >= 4 is 29.1 Å². The summed E-state index contributed by atoms with van der Waals surface area (Å²) in [4.78, 5) is 12.4. The van der Waals surface area contributed by atoms with E-state index in [1.165, 1.54) is 5.56 Å². The van der Waals surface area contributed by atoms with Crippen LogP contribution in [0.4, 0.5) is 5.69 Å². The highest BCUT2D eigenvalue weighted by Crippen LogP contribution is 2.35. The zero-order valence-corrected chi connectivity index (χ0v) is 11.7. The zero-order chi connectivity index (χ0) is 12.9. The maximum absolute atomic E-state index is 12.4. The van der Waals surface area contributed by atoms with Crippen molar-refractivity contribution in [2.75, 3.05) is 16.5 Å². The van der Waals surface area contributed by atoms with Gasteiger partial charge < -0.3 is 0 Å². The van der Waals surface area contributed by atoms with Crippen LogP contribution in [0.15, 0.2) is 17.2 Å². The summed E-state index contributed by atoms with van der Waals surface area (Å²) in [6, 6.07) is 4.22. The van der Waals surface area contributed by atoms with E-state index in [2.05, 4.69) is 24.2 Å². The molecule has 0 aliphatic carbocycles. The van der Waals surface area contributed by atoms with Crippen LogP contribution in [-0.4, -0.2) is 23.1 Å².